The van der Waals surface area contributed by atoms with Crippen LogP contribution in [0.1, 0.15) is 37.5 Å². The molecule has 0 N–H and O–H groups in total. The molecule has 0 bridgehead atoms. The van der Waals surface area contributed by atoms with Gasteiger partial charge in [0.2, 0.25) is 0 Å². The summed E-state index contributed by atoms with van der Waals surface area (Å²) in [6.45, 7) is 0. The van der Waals surface area contributed by atoms with E-state index in [1.54, 1.807) is 0 Å². The van der Waals surface area contributed by atoms with Crippen molar-refractivity contribution in [2.24, 2.45) is 0 Å². The minimum absolute atomic E-state index is 0.433. The molecule has 1 aromatic heterocycles. The second-order valence-electron chi connectivity index (χ2n) is 5.27. The Balaban J connectivity index is 2.15. The number of aromatic nitrogens is 2. The molecule has 1 aliphatic rings. The molecule has 3 rings (SSSR count). The largest absolute Gasteiger partial charge is 0.323 e. The van der Waals surface area contributed by atoms with E-state index in [2.05, 4.69) is 21.9 Å². The number of thioether (sulfide) groups is 1. The molecule has 1 aliphatic carbocycles. The average Bonchev–Trinajstić information content (AvgIpc) is 2.87. The van der Waals surface area contributed by atoms with Crippen LogP contribution in [0.4, 0.5) is 0 Å². The molecule has 0 spiro atoms. The van der Waals surface area contributed by atoms with Gasteiger partial charge < -0.3 is 4.57 Å². The van der Waals surface area contributed by atoms with Crippen LogP contribution in [0, 0.1) is 0 Å². The molecule has 2 atom stereocenters. The quantitative estimate of drug-likeness (QED) is 0.714. The molecule has 20 heavy (non-hydrogen) atoms. The van der Waals surface area contributed by atoms with Crippen LogP contribution < -0.4 is 0 Å². The maximum absolute atomic E-state index is 6.28. The van der Waals surface area contributed by atoms with Crippen LogP contribution in [0.3, 0.4) is 0 Å². The van der Waals surface area contributed by atoms with Crippen LogP contribution in [0.5, 0.6) is 0 Å². The van der Waals surface area contributed by atoms with Crippen molar-refractivity contribution in [3.05, 3.63) is 29.0 Å². The molecule has 5 heteroatoms. The van der Waals surface area contributed by atoms with Crippen LogP contribution >= 0.6 is 35.0 Å². The predicted molar refractivity (Wildman–Crippen MR) is 89.1 cm³/mol. The summed E-state index contributed by atoms with van der Waals surface area (Å²) < 4.78 is 2.34. The lowest BCUT2D eigenvalue weighted by molar-refractivity contribution is 0.366. The van der Waals surface area contributed by atoms with Crippen LogP contribution in [-0.4, -0.2) is 21.1 Å². The molecule has 1 aromatic carbocycles. The van der Waals surface area contributed by atoms with Gasteiger partial charge in [-0.25, -0.2) is 4.98 Å². The molecule has 2 aromatic rings. The van der Waals surface area contributed by atoms with Gasteiger partial charge in [0, 0.05) is 11.3 Å². The van der Waals surface area contributed by atoms with E-state index in [0.29, 0.717) is 22.2 Å². The third-order valence-electron chi connectivity index (χ3n) is 4.17. The summed E-state index contributed by atoms with van der Waals surface area (Å²) in [5.74, 6) is 1.38. The zero-order chi connectivity index (χ0) is 14.1. The lowest BCUT2D eigenvalue weighted by atomic mass is 9.94. The summed E-state index contributed by atoms with van der Waals surface area (Å²) in [5, 5.41) is 1.35. The van der Waals surface area contributed by atoms with Crippen molar-refractivity contribution < 1.29 is 0 Å². The Bertz CT molecular complexity index is 611. The highest BCUT2D eigenvalue weighted by atomic mass is 35.5. The standard InChI is InChI=1S/C15H18Cl2N2S/c1-20-13-8-3-2-6-11(13)19-12-7-4-5-10(17)15(12)18-14(19)9-16/h4-5,7,11,13H,2-3,6,8-9H2,1H3. The number of nitrogens with zero attached hydrogens (tertiary/aromatic N) is 2. The molecule has 1 saturated carbocycles. The van der Waals surface area contributed by atoms with Gasteiger partial charge in [-0.15, -0.1) is 11.6 Å². The monoisotopic (exact) mass is 328 g/mol. The molecule has 0 amide bonds. The summed E-state index contributed by atoms with van der Waals surface area (Å²) >= 11 is 14.4. The number of rotatable bonds is 3. The Labute approximate surface area is 133 Å². The number of hydrogen-bond acceptors (Lipinski definition) is 2. The fourth-order valence-electron chi connectivity index (χ4n) is 3.24. The van der Waals surface area contributed by atoms with Crippen molar-refractivity contribution in [2.45, 2.75) is 42.9 Å². The first-order chi connectivity index (χ1) is 9.76. The molecule has 0 saturated heterocycles. The number of para-hydroxylation sites is 1. The summed E-state index contributed by atoms with van der Waals surface area (Å²) in [6, 6.07) is 6.48. The Kier molecular flexibility index (Phi) is 4.49. The fraction of sp³-hybridized carbons (Fsp3) is 0.533. The van der Waals surface area contributed by atoms with E-state index in [1.807, 2.05) is 23.9 Å². The Hall–Kier alpha value is -0.380. The average molecular weight is 329 g/mol. The summed E-state index contributed by atoms with van der Waals surface area (Å²) in [7, 11) is 0. The minimum atomic E-state index is 0.433. The highest BCUT2D eigenvalue weighted by Gasteiger charge is 2.29. The number of imidazole rings is 1. The van der Waals surface area contributed by atoms with E-state index in [0.717, 1.165) is 16.9 Å². The molecule has 108 valence electrons. The van der Waals surface area contributed by atoms with Gasteiger partial charge in [0.1, 0.15) is 11.3 Å². The smallest absolute Gasteiger partial charge is 0.125 e. The molecule has 2 unspecified atom stereocenters. The van der Waals surface area contributed by atoms with Crippen molar-refractivity contribution in [1.82, 2.24) is 9.55 Å². The summed E-state index contributed by atoms with van der Waals surface area (Å²) in [6.07, 6.45) is 7.28. The maximum atomic E-state index is 6.28. The van der Waals surface area contributed by atoms with Crippen LogP contribution in [0.2, 0.25) is 5.02 Å². The SMILES string of the molecule is CSC1CCCCC1n1c(CCl)nc2c(Cl)cccc21. The third-order valence-corrected chi connectivity index (χ3v) is 5.86. The molecular weight excluding hydrogens is 311 g/mol. The molecule has 1 fully saturated rings. The second kappa shape index (κ2) is 6.17. The van der Waals surface area contributed by atoms with E-state index >= 15 is 0 Å². The lowest BCUT2D eigenvalue weighted by Gasteiger charge is -2.32. The highest BCUT2D eigenvalue weighted by Crippen LogP contribution is 2.39. The van der Waals surface area contributed by atoms with E-state index in [9.17, 15) is 0 Å². The first-order valence-electron chi connectivity index (χ1n) is 7.00. The Morgan fingerprint density at radius 3 is 2.90 bits per heavy atom. The van der Waals surface area contributed by atoms with Crippen molar-refractivity contribution in [1.29, 1.82) is 0 Å². The van der Waals surface area contributed by atoms with Crippen molar-refractivity contribution in [2.75, 3.05) is 6.26 Å². The number of alkyl halides is 1. The Morgan fingerprint density at radius 1 is 1.35 bits per heavy atom. The molecule has 0 radical (unpaired) electrons. The van der Waals surface area contributed by atoms with Gasteiger partial charge in [0.25, 0.3) is 0 Å². The number of hydrogen-bond donors (Lipinski definition) is 0. The van der Waals surface area contributed by atoms with E-state index in [-0.39, 0.29) is 0 Å². The Morgan fingerprint density at radius 2 is 2.15 bits per heavy atom. The minimum Gasteiger partial charge on any atom is -0.323 e. The van der Waals surface area contributed by atoms with Crippen molar-refractivity contribution in [3.8, 4) is 0 Å². The third kappa shape index (κ3) is 2.44. The fourth-order valence-corrected chi connectivity index (χ4v) is 4.62. The lowest BCUT2D eigenvalue weighted by Crippen LogP contribution is -2.26. The van der Waals surface area contributed by atoms with Gasteiger partial charge in [0.05, 0.1) is 16.4 Å². The normalized spacial score (nSPS) is 23.4. The van der Waals surface area contributed by atoms with Crippen molar-refractivity contribution in [3.63, 3.8) is 0 Å². The summed E-state index contributed by atoms with van der Waals surface area (Å²) in [4.78, 5) is 4.66. The molecular formula is C15H18Cl2N2S. The zero-order valence-electron chi connectivity index (χ0n) is 11.5. The zero-order valence-corrected chi connectivity index (χ0v) is 13.8. The van der Waals surface area contributed by atoms with Gasteiger partial charge in [-0.1, -0.05) is 30.5 Å². The molecule has 1 heterocycles. The van der Waals surface area contributed by atoms with Gasteiger partial charge in [0.15, 0.2) is 0 Å². The van der Waals surface area contributed by atoms with Crippen LogP contribution in [0.25, 0.3) is 11.0 Å². The maximum Gasteiger partial charge on any atom is 0.125 e. The van der Waals surface area contributed by atoms with Crippen LogP contribution in [0.15, 0.2) is 18.2 Å². The highest BCUT2D eigenvalue weighted by molar-refractivity contribution is 7.99. The van der Waals surface area contributed by atoms with E-state index in [4.69, 9.17) is 23.2 Å². The van der Waals surface area contributed by atoms with Gasteiger partial charge in [-0.05, 0) is 31.2 Å². The number of fused-ring (bicyclic) bond motifs is 1. The molecule has 2 nitrogen and oxygen atoms in total. The number of halogens is 2. The first kappa shape index (κ1) is 14.6. The number of benzene rings is 1. The van der Waals surface area contributed by atoms with Gasteiger partial charge in [-0.3, -0.25) is 0 Å². The first-order valence-corrected chi connectivity index (χ1v) is 9.20. The van der Waals surface area contributed by atoms with Gasteiger partial charge in [-0.2, -0.15) is 11.8 Å². The van der Waals surface area contributed by atoms with Gasteiger partial charge >= 0.3 is 0 Å². The summed E-state index contributed by atoms with van der Waals surface area (Å²) in [5.41, 5.74) is 2.01. The predicted octanol–water partition coefficient (Wildman–Crippen LogP) is 5.28. The second-order valence-corrected chi connectivity index (χ2v) is 7.02. The van der Waals surface area contributed by atoms with Crippen LogP contribution in [-0.2, 0) is 5.88 Å². The molecule has 0 aliphatic heterocycles. The van der Waals surface area contributed by atoms with E-state index < -0.39 is 0 Å². The van der Waals surface area contributed by atoms with E-state index in [1.165, 1.54) is 25.7 Å². The topological polar surface area (TPSA) is 17.8 Å². The van der Waals surface area contributed by atoms with Crippen molar-refractivity contribution >= 4 is 46.0 Å².